The number of anilines is 6. The molecule has 0 atom stereocenters. The van der Waals surface area contributed by atoms with Crippen LogP contribution in [0.1, 0.15) is 16.7 Å². The van der Waals surface area contributed by atoms with Crippen molar-refractivity contribution < 1.29 is 0 Å². The Morgan fingerprint density at radius 1 is 0.392 bits per heavy atom. The molecule has 0 radical (unpaired) electrons. The molecule has 0 unspecified atom stereocenters. The van der Waals surface area contributed by atoms with Gasteiger partial charge in [-0.05, 0) is 158 Å². The second-order valence-corrected chi connectivity index (χ2v) is 19.0. The van der Waals surface area contributed by atoms with Gasteiger partial charge in [0.2, 0.25) is 0 Å². The van der Waals surface area contributed by atoms with Crippen molar-refractivity contribution in [2.75, 3.05) is 9.80 Å². The molecule has 0 aliphatic heterocycles. The van der Waals surface area contributed by atoms with E-state index in [1.165, 1.54) is 21.9 Å². The molecule has 74 heavy (non-hydrogen) atoms. The summed E-state index contributed by atoms with van der Waals surface area (Å²) in [5, 5.41) is 16.7. The second kappa shape index (κ2) is 17.9. The molecule has 0 bridgehead atoms. The Labute approximate surface area is 429 Å². The number of hydrogen-bond donors (Lipinski definition) is 0. The molecule has 6 heteroatoms. The van der Waals surface area contributed by atoms with E-state index in [2.05, 4.69) is 238 Å². The minimum atomic E-state index is 0.597. The zero-order valence-electron chi connectivity index (χ0n) is 40.8. The first-order valence-electron chi connectivity index (χ1n) is 24.8. The Morgan fingerprint density at radius 2 is 0.824 bits per heavy atom. The second-order valence-electron chi connectivity index (χ2n) is 19.0. The monoisotopic (exact) mass is 946 g/mol. The lowest BCUT2D eigenvalue weighted by molar-refractivity contribution is 1.17. The summed E-state index contributed by atoms with van der Waals surface area (Å²) in [6.45, 7) is 11.9. The first-order chi connectivity index (χ1) is 36.4. The highest BCUT2D eigenvalue weighted by Crippen LogP contribution is 2.46. The van der Waals surface area contributed by atoms with E-state index in [0.29, 0.717) is 11.3 Å². The molecule has 13 aromatic rings. The number of rotatable bonds is 9. The van der Waals surface area contributed by atoms with Crippen molar-refractivity contribution in [3.05, 3.63) is 271 Å². The average molecular weight is 947 g/mol. The zero-order valence-corrected chi connectivity index (χ0v) is 40.8. The molecule has 2 heterocycles. The summed E-state index contributed by atoms with van der Waals surface area (Å²) in [5.41, 5.74) is 18.7. The van der Waals surface area contributed by atoms with Crippen LogP contribution < -0.4 is 9.80 Å². The molecule has 0 saturated carbocycles. The molecule has 0 saturated heterocycles. The lowest BCUT2D eigenvalue weighted by atomic mass is 9.96. The topological polar surface area (TPSA) is 44.5 Å². The zero-order chi connectivity index (χ0) is 49.9. The number of hydrogen-bond acceptors (Lipinski definition) is 3. The van der Waals surface area contributed by atoms with Gasteiger partial charge in [0.1, 0.15) is 0 Å². The van der Waals surface area contributed by atoms with Crippen LogP contribution in [0.4, 0.5) is 39.8 Å². The maximum absolute atomic E-state index is 9.83. The molecule has 2 aromatic heterocycles. The third kappa shape index (κ3) is 7.41. The van der Waals surface area contributed by atoms with E-state index in [1.807, 2.05) is 48.5 Å². The molecule has 0 fully saturated rings. The van der Waals surface area contributed by atoms with Crippen molar-refractivity contribution in [1.29, 1.82) is 5.26 Å². The van der Waals surface area contributed by atoms with Gasteiger partial charge in [-0.25, -0.2) is 4.85 Å². The summed E-state index contributed by atoms with van der Waals surface area (Å²) in [5.74, 6) is 0. The summed E-state index contributed by atoms with van der Waals surface area (Å²) < 4.78 is 4.70. The standard InChI is InChI=1S/C68H46N6/c1-45-16-26-53(27-17-45)73-64-14-8-6-12-60(64)62-42-55(36-39-67(62)73)71(51-34-24-49(70-3)25-35-51)50-32-22-48(23-33-50)57-38-41-66(59-11-5-4-10-58(57)59)72(52-30-20-47(44-69)21-31-52)56-37-40-68-63(43-56)61-13-7-9-15-65(61)74(68)54-28-18-46(2)19-29-54/h4-43H,1-2H3. The minimum Gasteiger partial charge on any atom is -0.311 e. The number of nitrogens with zero attached hydrogens (tertiary/aromatic N) is 6. The third-order valence-corrected chi connectivity index (χ3v) is 14.5. The van der Waals surface area contributed by atoms with Gasteiger partial charge in [-0.3, -0.25) is 0 Å². The Bertz CT molecular complexity index is 4380. The van der Waals surface area contributed by atoms with Gasteiger partial charge in [-0.1, -0.05) is 126 Å². The molecule has 348 valence electrons. The van der Waals surface area contributed by atoms with Gasteiger partial charge in [-0.15, -0.1) is 0 Å². The van der Waals surface area contributed by atoms with E-state index >= 15 is 0 Å². The van der Waals surface area contributed by atoms with Gasteiger partial charge in [0.25, 0.3) is 0 Å². The van der Waals surface area contributed by atoms with Crippen LogP contribution in [-0.4, -0.2) is 9.13 Å². The summed E-state index contributed by atoms with van der Waals surface area (Å²) >= 11 is 0. The third-order valence-electron chi connectivity index (χ3n) is 14.5. The number of benzene rings is 11. The minimum absolute atomic E-state index is 0.597. The van der Waals surface area contributed by atoms with Crippen LogP contribution in [0.25, 0.3) is 81.7 Å². The smallest absolute Gasteiger partial charge is 0.187 e. The SMILES string of the molecule is [C-]#[N+]c1ccc(N(c2ccc(-c3ccc(N(c4ccc(C#N)cc4)c4ccc5c(c4)c4ccccc4n5-c4ccc(C)cc4)c4ccccc34)cc2)c2ccc3c(c2)c2ccccc2n3-c2ccc(C)cc2)cc1. The summed E-state index contributed by atoms with van der Waals surface area (Å²) in [6.07, 6.45) is 0. The summed E-state index contributed by atoms with van der Waals surface area (Å²) in [6, 6.07) is 88.2. The highest BCUT2D eigenvalue weighted by atomic mass is 15.2. The molecule has 0 N–H and O–H groups in total. The molecule has 0 spiro atoms. The van der Waals surface area contributed by atoms with Crippen LogP contribution in [0, 0.1) is 31.8 Å². The van der Waals surface area contributed by atoms with Crippen molar-refractivity contribution in [2.45, 2.75) is 13.8 Å². The predicted molar refractivity (Wildman–Crippen MR) is 308 cm³/mol. The van der Waals surface area contributed by atoms with E-state index in [0.717, 1.165) is 100 Å². The summed E-state index contributed by atoms with van der Waals surface area (Å²) in [4.78, 5) is 8.30. The molecule has 0 aliphatic carbocycles. The highest BCUT2D eigenvalue weighted by molar-refractivity contribution is 6.13. The number of aryl methyl sites for hydroxylation is 2. The summed E-state index contributed by atoms with van der Waals surface area (Å²) in [7, 11) is 0. The van der Waals surface area contributed by atoms with Crippen LogP contribution in [0.15, 0.2) is 243 Å². The van der Waals surface area contributed by atoms with E-state index in [4.69, 9.17) is 6.57 Å². The van der Waals surface area contributed by atoms with Crippen LogP contribution in [0.5, 0.6) is 0 Å². The van der Waals surface area contributed by atoms with Crippen LogP contribution in [0.3, 0.4) is 0 Å². The fourth-order valence-electron chi connectivity index (χ4n) is 10.9. The van der Waals surface area contributed by atoms with Gasteiger partial charge in [0.05, 0.1) is 46.0 Å². The number of aromatic nitrogens is 2. The van der Waals surface area contributed by atoms with Gasteiger partial charge < -0.3 is 18.9 Å². The average Bonchev–Trinajstić information content (AvgIpc) is 3.96. The van der Waals surface area contributed by atoms with Gasteiger partial charge >= 0.3 is 0 Å². The quantitative estimate of drug-likeness (QED) is 0.135. The van der Waals surface area contributed by atoms with Crippen LogP contribution in [0.2, 0.25) is 0 Å². The lowest BCUT2D eigenvalue weighted by Gasteiger charge is -2.28. The first kappa shape index (κ1) is 43.8. The Morgan fingerprint density at radius 3 is 1.35 bits per heavy atom. The largest absolute Gasteiger partial charge is 0.311 e. The molecular weight excluding hydrogens is 901 g/mol. The first-order valence-corrected chi connectivity index (χ1v) is 24.8. The van der Waals surface area contributed by atoms with Crippen LogP contribution in [-0.2, 0) is 0 Å². The van der Waals surface area contributed by atoms with Crippen molar-refractivity contribution in [1.82, 2.24) is 9.13 Å². The van der Waals surface area contributed by atoms with Crippen molar-refractivity contribution in [3.63, 3.8) is 0 Å². The fraction of sp³-hybridized carbons (Fsp3) is 0.0294. The molecule has 13 rings (SSSR count). The van der Waals surface area contributed by atoms with Crippen molar-refractivity contribution >= 4 is 94.2 Å². The Balaban J connectivity index is 0.925. The van der Waals surface area contributed by atoms with Gasteiger partial charge in [0.15, 0.2) is 5.69 Å². The van der Waals surface area contributed by atoms with Gasteiger partial charge in [-0.2, -0.15) is 5.26 Å². The van der Waals surface area contributed by atoms with Crippen molar-refractivity contribution in [3.8, 4) is 28.6 Å². The molecule has 6 nitrogen and oxygen atoms in total. The fourth-order valence-corrected chi connectivity index (χ4v) is 10.9. The Hall–Kier alpha value is -10.1. The number of nitriles is 1. The normalized spacial score (nSPS) is 11.4. The molecule has 0 amide bonds. The van der Waals surface area contributed by atoms with E-state index in [1.54, 1.807) is 0 Å². The molecule has 11 aromatic carbocycles. The van der Waals surface area contributed by atoms with Crippen molar-refractivity contribution in [2.24, 2.45) is 0 Å². The van der Waals surface area contributed by atoms with E-state index in [-0.39, 0.29) is 0 Å². The predicted octanol–water partition coefficient (Wildman–Crippen LogP) is 18.7. The highest BCUT2D eigenvalue weighted by Gasteiger charge is 2.22. The maximum Gasteiger partial charge on any atom is 0.187 e. The van der Waals surface area contributed by atoms with E-state index in [9.17, 15) is 5.26 Å². The molecular formula is C68H46N6. The lowest BCUT2D eigenvalue weighted by Crippen LogP contribution is -2.11. The number of para-hydroxylation sites is 2. The van der Waals surface area contributed by atoms with Crippen LogP contribution >= 0.6 is 0 Å². The van der Waals surface area contributed by atoms with E-state index < -0.39 is 0 Å². The van der Waals surface area contributed by atoms with Gasteiger partial charge in [0, 0.05) is 66.7 Å². The number of fused-ring (bicyclic) bond motifs is 7. The Kier molecular flexibility index (Phi) is 10.6. The molecule has 0 aliphatic rings. The maximum atomic E-state index is 9.83.